The summed E-state index contributed by atoms with van der Waals surface area (Å²) in [6, 6.07) is 34.1. The van der Waals surface area contributed by atoms with Crippen molar-refractivity contribution >= 4 is 63.4 Å². The summed E-state index contributed by atoms with van der Waals surface area (Å²) < 4.78 is 0. The summed E-state index contributed by atoms with van der Waals surface area (Å²) in [5.41, 5.74) is 16.4. The molecule has 5 N–H and O–H groups in total. The molecule has 3 aromatic heterocycles. The maximum atomic E-state index is 5.59. The van der Waals surface area contributed by atoms with E-state index in [2.05, 4.69) is 49.5 Å². The fourth-order valence-corrected chi connectivity index (χ4v) is 4.20. The van der Waals surface area contributed by atoms with Crippen LogP contribution < -0.4 is 11.1 Å². The molecule has 0 fully saturated rings. The smallest absolute Gasteiger partial charge is 0.0658 e. The van der Waals surface area contributed by atoms with Gasteiger partial charge in [0.25, 0.3) is 0 Å². The van der Waals surface area contributed by atoms with Crippen LogP contribution in [0.5, 0.6) is 0 Å². The number of hydrogen-bond donors (Lipinski definition) is 4. The van der Waals surface area contributed by atoms with Gasteiger partial charge in [-0.15, -0.1) is 0 Å². The molecular formula is C32H26N6. The first-order valence-corrected chi connectivity index (χ1v) is 12.4. The summed E-state index contributed by atoms with van der Waals surface area (Å²) in [7, 11) is 0. The number of anilines is 3. The van der Waals surface area contributed by atoms with Gasteiger partial charge in [0, 0.05) is 39.1 Å². The fourth-order valence-electron chi connectivity index (χ4n) is 4.20. The molecular weight excluding hydrogens is 468 g/mol. The monoisotopic (exact) mass is 494 g/mol. The molecule has 6 heteroatoms. The molecule has 7 rings (SSSR count). The van der Waals surface area contributed by atoms with Crippen LogP contribution in [0.2, 0.25) is 0 Å². The lowest BCUT2D eigenvalue weighted by Crippen LogP contribution is -1.90. The Kier molecular flexibility index (Phi) is 6.27. The third kappa shape index (κ3) is 5.71. The average Bonchev–Trinajstić information content (AvgIpc) is 3.73. The number of fused-ring (bicyclic) bond motifs is 8. The van der Waals surface area contributed by atoms with Crippen LogP contribution in [0, 0.1) is 0 Å². The van der Waals surface area contributed by atoms with Crippen molar-refractivity contribution in [3.8, 4) is 0 Å². The highest BCUT2D eigenvalue weighted by molar-refractivity contribution is 5.77. The molecule has 0 radical (unpaired) electrons. The summed E-state index contributed by atoms with van der Waals surface area (Å²) in [6.45, 7) is 0. The van der Waals surface area contributed by atoms with Crippen LogP contribution in [0.25, 0.3) is 46.4 Å². The molecule has 0 saturated heterocycles. The molecule has 2 aromatic carbocycles. The molecule has 2 aliphatic heterocycles. The lowest BCUT2D eigenvalue weighted by atomic mass is 10.2. The quantitative estimate of drug-likeness (QED) is 0.185. The summed E-state index contributed by atoms with van der Waals surface area (Å²) in [5, 5.41) is 3.28. The molecule has 5 aromatic rings. The van der Waals surface area contributed by atoms with Crippen molar-refractivity contribution in [2.45, 2.75) is 0 Å². The second-order valence-electron chi connectivity index (χ2n) is 9.02. The summed E-state index contributed by atoms with van der Waals surface area (Å²) in [6.07, 6.45) is 8.09. The van der Waals surface area contributed by atoms with E-state index in [-0.39, 0.29) is 0 Å². The van der Waals surface area contributed by atoms with Gasteiger partial charge in [-0.2, -0.15) is 0 Å². The third-order valence-corrected chi connectivity index (χ3v) is 6.02. The lowest BCUT2D eigenvalue weighted by Gasteiger charge is -2.05. The third-order valence-electron chi connectivity index (χ3n) is 6.02. The van der Waals surface area contributed by atoms with E-state index in [1.54, 1.807) is 0 Å². The maximum Gasteiger partial charge on any atom is 0.0658 e. The number of nitrogens with zero attached hydrogens (tertiary/aromatic N) is 2. The molecule has 38 heavy (non-hydrogen) atoms. The first kappa shape index (κ1) is 23.1. The minimum Gasteiger partial charge on any atom is -0.399 e. The Labute approximate surface area is 220 Å². The molecule has 0 atom stereocenters. The van der Waals surface area contributed by atoms with Crippen LogP contribution in [0.3, 0.4) is 0 Å². The number of aromatic amines is 2. The van der Waals surface area contributed by atoms with Crippen LogP contribution in [0.15, 0.2) is 103 Å². The Morgan fingerprint density at radius 1 is 0.474 bits per heavy atom. The second-order valence-corrected chi connectivity index (χ2v) is 9.02. The van der Waals surface area contributed by atoms with E-state index in [0.29, 0.717) is 0 Å². The number of nitrogens with two attached hydrogens (primary N) is 1. The van der Waals surface area contributed by atoms with Gasteiger partial charge in [-0.3, -0.25) is 0 Å². The fraction of sp³-hybridized carbons (Fsp3) is 0. The van der Waals surface area contributed by atoms with Crippen LogP contribution in [0.4, 0.5) is 17.1 Å². The average molecular weight is 495 g/mol. The minimum absolute atomic E-state index is 0.781. The number of benzene rings is 2. The molecule has 0 amide bonds. The minimum atomic E-state index is 0.781. The van der Waals surface area contributed by atoms with Gasteiger partial charge in [0.15, 0.2) is 0 Å². The molecule has 0 spiro atoms. The van der Waals surface area contributed by atoms with Crippen molar-refractivity contribution in [2.75, 3.05) is 11.1 Å². The number of nitrogens with one attached hydrogen (secondary N) is 3. The Balaban J connectivity index is 0.000000161. The molecule has 0 unspecified atom stereocenters. The SMILES string of the molecule is C1=Cc2cc3ccc(cc4nc(cc5ccc(cc1n2)[nH]5)C=C4)[nH]3.Nc1ccc(Nc2ccccc2)cc1. The van der Waals surface area contributed by atoms with Gasteiger partial charge in [-0.25, -0.2) is 9.97 Å². The van der Waals surface area contributed by atoms with Crippen molar-refractivity contribution in [1.29, 1.82) is 0 Å². The van der Waals surface area contributed by atoms with E-state index in [9.17, 15) is 0 Å². The molecule has 184 valence electrons. The zero-order chi connectivity index (χ0) is 25.7. The molecule has 6 nitrogen and oxygen atoms in total. The van der Waals surface area contributed by atoms with E-state index < -0.39 is 0 Å². The predicted octanol–water partition coefficient (Wildman–Crippen LogP) is 7.67. The molecule has 5 heterocycles. The van der Waals surface area contributed by atoms with Crippen LogP contribution in [0.1, 0.15) is 22.8 Å². The van der Waals surface area contributed by atoms with Gasteiger partial charge >= 0.3 is 0 Å². The Bertz CT molecular complexity index is 1620. The number of hydrogen-bond acceptors (Lipinski definition) is 4. The number of H-pyrrole nitrogens is 2. The zero-order valence-electron chi connectivity index (χ0n) is 20.6. The van der Waals surface area contributed by atoms with Crippen LogP contribution >= 0.6 is 0 Å². The highest BCUT2D eigenvalue weighted by atomic mass is 14.9. The number of nitrogen functional groups attached to an aromatic ring is 1. The van der Waals surface area contributed by atoms with Gasteiger partial charge in [-0.1, -0.05) is 18.2 Å². The standard InChI is InChI=1S/C20H14N4.C12H12N2/c1-2-14-10-16-5-6-18(23-16)12-20-8-7-19(24-20)11-17-4-3-15(22-17)9-13(1)21-14;13-10-6-8-12(9-7-10)14-11-4-2-1-3-5-11/h1-12,21,24H;1-9,14H,13H2. The zero-order valence-corrected chi connectivity index (χ0v) is 20.6. The Morgan fingerprint density at radius 3 is 1.29 bits per heavy atom. The summed E-state index contributed by atoms with van der Waals surface area (Å²) in [5.74, 6) is 0. The van der Waals surface area contributed by atoms with Gasteiger partial charge in [0.2, 0.25) is 0 Å². The molecule has 8 bridgehead atoms. The lowest BCUT2D eigenvalue weighted by molar-refractivity contribution is 1.31. The first-order chi connectivity index (χ1) is 18.6. The second kappa shape index (κ2) is 10.3. The van der Waals surface area contributed by atoms with Gasteiger partial charge in [0.05, 0.1) is 22.8 Å². The van der Waals surface area contributed by atoms with E-state index in [4.69, 9.17) is 5.73 Å². The topological polar surface area (TPSA) is 95.4 Å². The highest BCUT2D eigenvalue weighted by Gasteiger charge is 2.01. The van der Waals surface area contributed by atoms with Gasteiger partial charge in [-0.05, 0) is 109 Å². The number of rotatable bonds is 2. The molecule has 2 aliphatic rings. The van der Waals surface area contributed by atoms with Gasteiger partial charge in [0.1, 0.15) is 0 Å². The molecule has 0 saturated carbocycles. The van der Waals surface area contributed by atoms with Crippen LogP contribution in [-0.2, 0) is 0 Å². The first-order valence-electron chi connectivity index (χ1n) is 12.4. The van der Waals surface area contributed by atoms with E-state index in [0.717, 1.165) is 61.9 Å². The van der Waals surface area contributed by atoms with Crippen LogP contribution in [-0.4, -0.2) is 19.9 Å². The Hall–Kier alpha value is -5.36. The predicted molar refractivity (Wildman–Crippen MR) is 159 cm³/mol. The number of para-hydroxylation sites is 1. The largest absolute Gasteiger partial charge is 0.399 e. The summed E-state index contributed by atoms with van der Waals surface area (Å²) >= 11 is 0. The normalized spacial score (nSPS) is 11.6. The van der Waals surface area contributed by atoms with Crippen molar-refractivity contribution in [2.24, 2.45) is 0 Å². The van der Waals surface area contributed by atoms with Crippen molar-refractivity contribution in [3.63, 3.8) is 0 Å². The molecule has 0 aliphatic carbocycles. The number of aromatic nitrogens is 4. The Morgan fingerprint density at radius 2 is 0.868 bits per heavy atom. The van der Waals surface area contributed by atoms with E-state index in [1.165, 1.54) is 0 Å². The summed E-state index contributed by atoms with van der Waals surface area (Å²) in [4.78, 5) is 16.0. The van der Waals surface area contributed by atoms with Crippen molar-refractivity contribution in [3.05, 3.63) is 126 Å². The van der Waals surface area contributed by atoms with Gasteiger partial charge < -0.3 is 21.0 Å². The highest BCUT2D eigenvalue weighted by Crippen LogP contribution is 2.18. The maximum absolute atomic E-state index is 5.59. The van der Waals surface area contributed by atoms with Crippen molar-refractivity contribution < 1.29 is 0 Å². The van der Waals surface area contributed by atoms with Crippen molar-refractivity contribution in [1.82, 2.24) is 19.9 Å². The van der Waals surface area contributed by atoms with E-state index >= 15 is 0 Å². The van der Waals surface area contributed by atoms with E-state index in [1.807, 2.05) is 103 Å².